The number of ketones is 1. The van der Waals surface area contributed by atoms with Crippen LogP contribution in [0.3, 0.4) is 0 Å². The number of hydrogen-bond acceptors (Lipinski definition) is 7. The molecule has 0 radical (unpaired) electrons. The summed E-state index contributed by atoms with van der Waals surface area (Å²) in [5, 5.41) is 0. The Labute approximate surface area is 129 Å². The molecule has 7 nitrogen and oxygen atoms in total. The molecule has 0 N–H and O–H groups in total. The van der Waals surface area contributed by atoms with E-state index in [4.69, 9.17) is 14.2 Å². The quantitative estimate of drug-likeness (QED) is 0.375. The van der Waals surface area contributed by atoms with Crippen molar-refractivity contribution in [3.63, 3.8) is 0 Å². The van der Waals surface area contributed by atoms with Crippen LogP contribution in [0.1, 0.15) is 40.0 Å². The Morgan fingerprint density at radius 2 is 1.73 bits per heavy atom. The summed E-state index contributed by atoms with van der Waals surface area (Å²) in [4.78, 5) is 47.5. The fourth-order valence-electron chi connectivity index (χ4n) is 2.49. The van der Waals surface area contributed by atoms with E-state index in [2.05, 4.69) is 0 Å². The smallest absolute Gasteiger partial charge is 0.320 e. The molecule has 0 aromatic heterocycles. The Kier molecular flexibility index (Phi) is 6.52. The lowest BCUT2D eigenvalue weighted by molar-refractivity contribution is -0.164. The highest BCUT2D eigenvalue weighted by molar-refractivity contribution is 6.04. The molecular weight excluding hydrogens is 292 g/mol. The maximum Gasteiger partial charge on any atom is 0.320 e. The monoisotopic (exact) mass is 314 g/mol. The Morgan fingerprint density at radius 1 is 1.18 bits per heavy atom. The first-order chi connectivity index (χ1) is 10.4. The van der Waals surface area contributed by atoms with Gasteiger partial charge in [0.2, 0.25) is 0 Å². The minimum Gasteiger partial charge on any atom is -0.465 e. The fourth-order valence-corrected chi connectivity index (χ4v) is 2.49. The SMILES string of the molecule is CCOC(=O)C(CCC1(C(C)=O)CCOC1=O)C(=O)OCC. The summed E-state index contributed by atoms with van der Waals surface area (Å²) < 4.78 is 14.6. The number of ether oxygens (including phenoxy) is 3. The fraction of sp³-hybridized carbons (Fsp3) is 0.733. The van der Waals surface area contributed by atoms with Gasteiger partial charge in [-0.1, -0.05) is 0 Å². The van der Waals surface area contributed by atoms with Gasteiger partial charge < -0.3 is 14.2 Å². The van der Waals surface area contributed by atoms with Crippen molar-refractivity contribution < 1.29 is 33.4 Å². The molecule has 1 aliphatic rings. The van der Waals surface area contributed by atoms with Crippen LogP contribution in [-0.2, 0) is 33.4 Å². The van der Waals surface area contributed by atoms with E-state index in [9.17, 15) is 19.2 Å². The van der Waals surface area contributed by atoms with Gasteiger partial charge in [0.1, 0.15) is 11.2 Å². The average molecular weight is 314 g/mol. The summed E-state index contributed by atoms with van der Waals surface area (Å²) in [6, 6.07) is 0. The van der Waals surface area contributed by atoms with Crippen LogP contribution in [0, 0.1) is 11.3 Å². The van der Waals surface area contributed by atoms with E-state index < -0.39 is 29.2 Å². The number of Topliss-reactive ketones (excluding diaryl/α,β-unsaturated/α-hetero) is 1. The van der Waals surface area contributed by atoms with Crippen molar-refractivity contribution in [1.29, 1.82) is 0 Å². The van der Waals surface area contributed by atoms with Crippen molar-refractivity contribution in [2.75, 3.05) is 19.8 Å². The first kappa shape index (κ1) is 18.1. The van der Waals surface area contributed by atoms with E-state index in [0.29, 0.717) is 0 Å². The number of rotatable bonds is 8. The lowest BCUT2D eigenvalue weighted by Crippen LogP contribution is -2.37. The van der Waals surface area contributed by atoms with Gasteiger partial charge in [-0.25, -0.2) is 0 Å². The van der Waals surface area contributed by atoms with Crippen LogP contribution in [0.2, 0.25) is 0 Å². The summed E-state index contributed by atoms with van der Waals surface area (Å²) in [5.74, 6) is -3.45. The Morgan fingerprint density at radius 3 is 2.09 bits per heavy atom. The molecule has 1 rings (SSSR count). The third-order valence-electron chi connectivity index (χ3n) is 3.83. The van der Waals surface area contributed by atoms with Gasteiger partial charge in [0, 0.05) is 6.42 Å². The van der Waals surface area contributed by atoms with Gasteiger partial charge >= 0.3 is 17.9 Å². The van der Waals surface area contributed by atoms with Gasteiger partial charge in [0.25, 0.3) is 0 Å². The molecule has 22 heavy (non-hydrogen) atoms. The molecule has 0 aromatic rings. The lowest BCUT2D eigenvalue weighted by atomic mass is 9.76. The molecule has 0 aromatic carbocycles. The minimum atomic E-state index is -1.27. The van der Waals surface area contributed by atoms with Gasteiger partial charge in [-0.3, -0.25) is 19.2 Å². The molecule has 1 fully saturated rings. The van der Waals surface area contributed by atoms with E-state index in [1.54, 1.807) is 13.8 Å². The van der Waals surface area contributed by atoms with E-state index in [1.165, 1.54) is 6.92 Å². The second-order valence-corrected chi connectivity index (χ2v) is 5.12. The number of cyclic esters (lactones) is 1. The third kappa shape index (κ3) is 3.84. The van der Waals surface area contributed by atoms with Crippen LogP contribution < -0.4 is 0 Å². The summed E-state index contributed by atoms with van der Waals surface area (Å²) in [6.45, 7) is 5.01. The van der Waals surface area contributed by atoms with E-state index in [0.717, 1.165) is 0 Å². The van der Waals surface area contributed by atoms with Crippen molar-refractivity contribution in [2.24, 2.45) is 11.3 Å². The highest BCUT2D eigenvalue weighted by atomic mass is 16.6. The van der Waals surface area contributed by atoms with Gasteiger partial charge in [-0.05, 0) is 33.6 Å². The standard InChI is InChI=1S/C15H22O7/c1-4-20-12(17)11(13(18)21-5-2)6-7-15(10(3)16)8-9-22-14(15)19/h11H,4-9H2,1-3H3. The summed E-state index contributed by atoms with van der Waals surface area (Å²) >= 11 is 0. The number of hydrogen-bond donors (Lipinski definition) is 0. The molecule has 1 saturated heterocycles. The molecular formula is C15H22O7. The maximum absolute atomic E-state index is 11.9. The molecule has 0 saturated carbocycles. The van der Waals surface area contributed by atoms with Gasteiger partial charge in [0.15, 0.2) is 5.92 Å². The first-order valence-corrected chi connectivity index (χ1v) is 7.40. The lowest BCUT2D eigenvalue weighted by Gasteiger charge is -2.23. The van der Waals surface area contributed by atoms with Crippen LogP contribution in [0.15, 0.2) is 0 Å². The Hall–Kier alpha value is -1.92. The third-order valence-corrected chi connectivity index (χ3v) is 3.83. The second kappa shape index (κ2) is 7.91. The molecule has 7 heteroatoms. The summed E-state index contributed by atoms with van der Waals surface area (Å²) in [6.07, 6.45) is 0.329. The van der Waals surface area contributed by atoms with Crippen LogP contribution in [0.5, 0.6) is 0 Å². The molecule has 0 bridgehead atoms. The molecule has 0 amide bonds. The maximum atomic E-state index is 11.9. The van der Waals surface area contributed by atoms with Gasteiger partial charge in [-0.2, -0.15) is 0 Å². The van der Waals surface area contributed by atoms with Crippen molar-refractivity contribution in [1.82, 2.24) is 0 Å². The van der Waals surface area contributed by atoms with Crippen molar-refractivity contribution in [3.8, 4) is 0 Å². The van der Waals surface area contributed by atoms with Crippen molar-refractivity contribution in [3.05, 3.63) is 0 Å². The zero-order valence-electron chi connectivity index (χ0n) is 13.2. The molecule has 1 unspecified atom stereocenters. The van der Waals surface area contributed by atoms with Crippen LogP contribution in [0.4, 0.5) is 0 Å². The number of carbonyl (C=O) groups excluding carboxylic acids is 4. The predicted octanol–water partition coefficient (Wildman–Crippen LogP) is 1.03. The minimum absolute atomic E-state index is 0.00630. The van der Waals surface area contributed by atoms with Crippen molar-refractivity contribution in [2.45, 2.75) is 40.0 Å². The van der Waals surface area contributed by atoms with Gasteiger partial charge in [-0.15, -0.1) is 0 Å². The van der Waals surface area contributed by atoms with Crippen molar-refractivity contribution >= 4 is 23.7 Å². The topological polar surface area (TPSA) is 96.0 Å². The van der Waals surface area contributed by atoms with E-state index in [1.807, 2.05) is 0 Å². The number of esters is 3. The van der Waals surface area contributed by atoms with E-state index in [-0.39, 0.29) is 44.9 Å². The Bertz CT molecular complexity index is 439. The molecule has 1 atom stereocenters. The van der Waals surface area contributed by atoms with Crippen LogP contribution >= 0.6 is 0 Å². The molecule has 0 spiro atoms. The van der Waals surface area contributed by atoms with Crippen LogP contribution in [-0.4, -0.2) is 43.5 Å². The summed E-state index contributed by atoms with van der Waals surface area (Å²) in [5.41, 5.74) is -1.27. The zero-order chi connectivity index (χ0) is 16.8. The van der Waals surface area contributed by atoms with E-state index >= 15 is 0 Å². The largest absolute Gasteiger partial charge is 0.465 e. The molecule has 1 heterocycles. The predicted molar refractivity (Wildman–Crippen MR) is 74.7 cm³/mol. The Balaban J connectivity index is 2.85. The molecule has 124 valence electrons. The average Bonchev–Trinajstić information content (AvgIpc) is 2.82. The number of carbonyl (C=O) groups is 4. The van der Waals surface area contributed by atoms with Crippen LogP contribution in [0.25, 0.3) is 0 Å². The highest BCUT2D eigenvalue weighted by Crippen LogP contribution is 2.37. The van der Waals surface area contributed by atoms with Gasteiger partial charge in [0.05, 0.1) is 19.8 Å². The molecule has 1 aliphatic heterocycles. The highest BCUT2D eigenvalue weighted by Gasteiger charge is 2.49. The molecule has 0 aliphatic carbocycles. The summed E-state index contributed by atoms with van der Waals surface area (Å²) in [7, 11) is 0. The normalized spacial score (nSPS) is 20.6. The first-order valence-electron chi connectivity index (χ1n) is 7.40. The second-order valence-electron chi connectivity index (χ2n) is 5.12. The zero-order valence-corrected chi connectivity index (χ0v) is 13.2.